The number of carbonyl (C=O) groups is 1. The Kier molecular flexibility index (Phi) is 5.67. The number of hydrogen-bond donors (Lipinski definition) is 4. The summed E-state index contributed by atoms with van der Waals surface area (Å²) >= 11 is 0. The molecule has 6 rings (SSSR count). The summed E-state index contributed by atoms with van der Waals surface area (Å²) in [6.07, 6.45) is 4.31. The molecule has 0 saturated heterocycles. The lowest BCUT2D eigenvalue weighted by Gasteiger charge is -2.51. The molecule has 1 aromatic heterocycles. The van der Waals surface area contributed by atoms with E-state index in [2.05, 4.69) is 20.6 Å². The van der Waals surface area contributed by atoms with E-state index < -0.39 is 23.3 Å². The topological polar surface area (TPSA) is 99.3 Å². The number of hydrogen-bond acceptors (Lipinski definition) is 4. The average molecular weight is 471 g/mol. The fourth-order valence-electron chi connectivity index (χ4n) is 5.21. The van der Waals surface area contributed by atoms with Crippen molar-refractivity contribution in [1.29, 1.82) is 0 Å². The second-order valence-electron chi connectivity index (χ2n) is 9.60. The number of aliphatic hydroxyl groups is 1. The maximum absolute atomic E-state index is 14.7. The smallest absolute Gasteiger partial charge is 0.315 e. The van der Waals surface area contributed by atoms with Crippen LogP contribution in [0.25, 0.3) is 11.0 Å². The molecule has 1 atom stereocenters. The minimum atomic E-state index is -0.682. The van der Waals surface area contributed by atoms with Gasteiger partial charge in [0.2, 0.25) is 0 Å². The Bertz CT molecular complexity index is 1200. The van der Waals surface area contributed by atoms with E-state index in [4.69, 9.17) is 4.74 Å². The van der Waals surface area contributed by atoms with Crippen molar-refractivity contribution in [1.82, 2.24) is 20.6 Å². The van der Waals surface area contributed by atoms with Crippen LogP contribution in [0.1, 0.15) is 56.0 Å². The monoisotopic (exact) mass is 470 g/mol. The van der Waals surface area contributed by atoms with Crippen LogP contribution in [0.3, 0.4) is 0 Å². The molecule has 3 aromatic rings. The number of imidazole rings is 1. The van der Waals surface area contributed by atoms with Crippen LogP contribution in [0.5, 0.6) is 5.75 Å². The first-order valence-electron chi connectivity index (χ1n) is 11.6. The lowest BCUT2D eigenvalue weighted by molar-refractivity contribution is -0.0694. The molecule has 180 valence electrons. The number of aromatic nitrogens is 2. The number of ether oxygens (including phenoxy) is 1. The number of benzene rings is 2. The van der Waals surface area contributed by atoms with Gasteiger partial charge in [-0.25, -0.2) is 18.6 Å². The quantitative estimate of drug-likeness (QED) is 0.432. The van der Waals surface area contributed by atoms with E-state index in [9.17, 15) is 18.7 Å². The summed E-state index contributed by atoms with van der Waals surface area (Å²) in [5.41, 5.74) is 0.488. The number of methoxy groups -OCH3 is 1. The summed E-state index contributed by atoms with van der Waals surface area (Å²) in [4.78, 5) is 20.7. The van der Waals surface area contributed by atoms with Gasteiger partial charge in [0.1, 0.15) is 23.2 Å². The number of nitrogens with one attached hydrogen (secondary N) is 3. The van der Waals surface area contributed by atoms with Crippen LogP contribution in [0, 0.1) is 11.6 Å². The molecule has 3 fully saturated rings. The van der Waals surface area contributed by atoms with E-state index in [1.165, 1.54) is 25.3 Å². The van der Waals surface area contributed by atoms with E-state index in [-0.39, 0.29) is 18.0 Å². The zero-order valence-corrected chi connectivity index (χ0v) is 19.0. The van der Waals surface area contributed by atoms with Gasteiger partial charge >= 0.3 is 6.03 Å². The van der Waals surface area contributed by atoms with Crippen LogP contribution in [-0.2, 0) is 6.42 Å². The van der Waals surface area contributed by atoms with Crippen molar-refractivity contribution in [3.63, 3.8) is 0 Å². The third-order valence-electron chi connectivity index (χ3n) is 7.37. The highest BCUT2D eigenvalue weighted by atomic mass is 19.1. The minimum Gasteiger partial charge on any atom is -0.497 e. The molecule has 1 heterocycles. The van der Waals surface area contributed by atoms with Gasteiger partial charge in [-0.1, -0.05) is 6.07 Å². The number of rotatable bonds is 6. The van der Waals surface area contributed by atoms with Crippen molar-refractivity contribution in [2.75, 3.05) is 7.11 Å². The van der Waals surface area contributed by atoms with Gasteiger partial charge in [-0.3, -0.25) is 0 Å². The molecular formula is C25H28F2N4O3. The number of H-pyrrole nitrogens is 1. The Balaban J connectivity index is 1.39. The maximum atomic E-state index is 14.7. The lowest BCUT2D eigenvalue weighted by atomic mass is 9.63. The number of halogens is 2. The lowest BCUT2D eigenvalue weighted by Crippen LogP contribution is -2.60. The van der Waals surface area contributed by atoms with Crippen LogP contribution >= 0.6 is 0 Å². The van der Waals surface area contributed by atoms with Gasteiger partial charge in [-0.2, -0.15) is 0 Å². The number of amides is 2. The number of aromatic amines is 1. The molecule has 1 unspecified atom stereocenters. The predicted molar refractivity (Wildman–Crippen MR) is 122 cm³/mol. The molecule has 9 heteroatoms. The van der Waals surface area contributed by atoms with Crippen molar-refractivity contribution < 1.29 is 23.4 Å². The number of nitrogens with zero attached hydrogens (tertiary/aromatic N) is 1. The highest BCUT2D eigenvalue weighted by molar-refractivity contribution is 5.77. The fraction of sp³-hybridized carbons (Fsp3) is 0.440. The highest BCUT2D eigenvalue weighted by Crippen LogP contribution is 2.46. The van der Waals surface area contributed by atoms with E-state index in [0.717, 1.165) is 19.3 Å². The minimum absolute atomic E-state index is 0.137. The summed E-state index contributed by atoms with van der Waals surface area (Å²) < 4.78 is 33.5. The molecule has 2 bridgehead atoms. The second kappa shape index (κ2) is 8.54. The third-order valence-corrected chi connectivity index (χ3v) is 7.37. The molecule has 2 amide bonds. The summed E-state index contributed by atoms with van der Waals surface area (Å²) in [6, 6.07) is 7.72. The molecule has 4 N–H and O–H groups in total. The molecular weight excluding hydrogens is 442 g/mol. The van der Waals surface area contributed by atoms with Gasteiger partial charge in [0.25, 0.3) is 0 Å². The Morgan fingerprint density at radius 1 is 1.15 bits per heavy atom. The van der Waals surface area contributed by atoms with Crippen molar-refractivity contribution in [2.45, 2.75) is 62.1 Å². The fourth-order valence-corrected chi connectivity index (χ4v) is 5.21. The molecule has 7 nitrogen and oxygen atoms in total. The van der Waals surface area contributed by atoms with E-state index in [1.807, 2.05) is 0 Å². The summed E-state index contributed by atoms with van der Waals surface area (Å²) in [7, 11) is 1.47. The van der Waals surface area contributed by atoms with Gasteiger partial charge in [-0.15, -0.1) is 0 Å². The average Bonchev–Trinajstić information content (AvgIpc) is 3.24. The zero-order valence-electron chi connectivity index (χ0n) is 19.0. The predicted octanol–water partition coefficient (Wildman–Crippen LogP) is 4.27. The van der Waals surface area contributed by atoms with Crippen LogP contribution < -0.4 is 15.4 Å². The van der Waals surface area contributed by atoms with Crippen molar-refractivity contribution >= 4 is 17.1 Å². The summed E-state index contributed by atoms with van der Waals surface area (Å²) in [6.45, 7) is 0. The van der Waals surface area contributed by atoms with Crippen molar-refractivity contribution in [3.8, 4) is 5.75 Å². The first-order valence-corrected chi connectivity index (χ1v) is 11.6. The first-order chi connectivity index (χ1) is 16.3. The van der Waals surface area contributed by atoms with Gasteiger partial charge in [0, 0.05) is 18.0 Å². The SMILES string of the molecule is COc1ccc(CC(NC(=O)NC23CCC(O)(CC2)CC3)c2nc3ccc(F)cc3[nH]2)c(F)c1. The molecule has 3 aliphatic carbocycles. The molecule has 2 aromatic carbocycles. The van der Waals surface area contributed by atoms with Gasteiger partial charge in [0.05, 0.1) is 29.8 Å². The normalized spacial score (nSPS) is 24.7. The van der Waals surface area contributed by atoms with Gasteiger partial charge in [-0.05, 0) is 68.4 Å². The molecule has 0 spiro atoms. The zero-order chi connectivity index (χ0) is 23.9. The van der Waals surface area contributed by atoms with E-state index in [0.29, 0.717) is 47.4 Å². The van der Waals surface area contributed by atoms with Crippen molar-refractivity contribution in [2.24, 2.45) is 0 Å². The number of urea groups is 1. The Morgan fingerprint density at radius 2 is 1.88 bits per heavy atom. The maximum Gasteiger partial charge on any atom is 0.315 e. The summed E-state index contributed by atoms with van der Waals surface area (Å²) in [5, 5.41) is 16.5. The molecule has 0 radical (unpaired) electrons. The van der Waals surface area contributed by atoms with Crippen LogP contribution in [0.15, 0.2) is 36.4 Å². The Morgan fingerprint density at radius 3 is 2.56 bits per heavy atom. The number of fused-ring (bicyclic) bond motifs is 4. The second-order valence-corrected chi connectivity index (χ2v) is 9.60. The van der Waals surface area contributed by atoms with Crippen molar-refractivity contribution in [3.05, 3.63) is 59.4 Å². The first kappa shape index (κ1) is 22.6. The van der Waals surface area contributed by atoms with Crippen LogP contribution in [-0.4, -0.2) is 39.4 Å². The standard InChI is InChI=1S/C25H28F2N4O3/c1-34-17-4-2-15(18(27)14-17)12-21(22-28-19-5-3-16(26)13-20(19)29-22)30-23(32)31-24-6-9-25(33,10-7-24)11-8-24/h2-5,13-14,21,33H,6-12H2,1H3,(H,28,29)(H2,30,31,32). The molecule has 34 heavy (non-hydrogen) atoms. The van der Waals surface area contributed by atoms with E-state index in [1.54, 1.807) is 18.2 Å². The molecule has 3 aliphatic rings. The summed E-state index contributed by atoms with van der Waals surface area (Å²) in [5.74, 6) is -0.0486. The van der Waals surface area contributed by atoms with Gasteiger partial charge in [0.15, 0.2) is 0 Å². The Labute approximate surface area is 195 Å². The molecule has 3 saturated carbocycles. The van der Waals surface area contributed by atoms with Gasteiger partial charge < -0.3 is 25.5 Å². The third kappa shape index (κ3) is 4.44. The largest absolute Gasteiger partial charge is 0.497 e. The Hall–Kier alpha value is -3.20. The number of carbonyl (C=O) groups excluding carboxylic acids is 1. The van der Waals surface area contributed by atoms with E-state index >= 15 is 0 Å². The van der Waals surface area contributed by atoms with Crippen LogP contribution in [0.2, 0.25) is 0 Å². The highest BCUT2D eigenvalue weighted by Gasteiger charge is 2.48. The van der Waals surface area contributed by atoms with Crippen LogP contribution in [0.4, 0.5) is 13.6 Å². The molecule has 0 aliphatic heterocycles.